The molecule has 0 aromatic rings. The second kappa shape index (κ2) is 9.51. The van der Waals surface area contributed by atoms with Crippen LogP contribution in [0.5, 0.6) is 0 Å². The number of aliphatic hydroxyl groups excluding tert-OH is 1. The van der Waals surface area contributed by atoms with E-state index in [1.807, 2.05) is 12.2 Å². The Morgan fingerprint density at radius 1 is 1.00 bits per heavy atom. The van der Waals surface area contributed by atoms with Crippen molar-refractivity contribution >= 4 is 5.97 Å². The second-order valence-electron chi connectivity index (χ2n) is 6.19. The molecule has 1 aliphatic heterocycles. The van der Waals surface area contributed by atoms with Gasteiger partial charge in [0.2, 0.25) is 0 Å². The fraction of sp³-hybridized carbons (Fsp3) is 0.550. The molecule has 0 radical (unpaired) electrons. The summed E-state index contributed by atoms with van der Waals surface area (Å²) in [4.78, 5) is 11.7. The third-order valence-corrected chi connectivity index (χ3v) is 4.49. The number of ether oxygens (including phenoxy) is 1. The summed E-state index contributed by atoms with van der Waals surface area (Å²) < 4.78 is 5.36. The maximum atomic E-state index is 11.7. The first-order chi connectivity index (χ1) is 11.2. The molecule has 4 atom stereocenters. The molecule has 1 heterocycles. The largest absolute Gasteiger partial charge is 0.457 e. The molecule has 0 bridgehead atoms. The van der Waals surface area contributed by atoms with E-state index in [1.54, 1.807) is 0 Å². The Morgan fingerprint density at radius 3 is 2.26 bits per heavy atom. The molecular formula is C20H28O3. The normalized spacial score (nSPS) is 31.1. The lowest BCUT2D eigenvalue weighted by molar-refractivity contribution is -0.143. The van der Waals surface area contributed by atoms with Crippen LogP contribution in [0.1, 0.15) is 45.4 Å². The van der Waals surface area contributed by atoms with Gasteiger partial charge in [-0.25, -0.2) is 0 Å². The van der Waals surface area contributed by atoms with E-state index in [4.69, 9.17) is 4.74 Å². The highest BCUT2D eigenvalue weighted by molar-refractivity contribution is 5.76. The minimum absolute atomic E-state index is 0.0400. The van der Waals surface area contributed by atoms with E-state index in [1.165, 1.54) is 0 Å². The minimum atomic E-state index is -0.400. The molecule has 1 aliphatic carbocycles. The molecule has 23 heavy (non-hydrogen) atoms. The summed E-state index contributed by atoms with van der Waals surface area (Å²) in [5, 5.41) is 9.97. The molecule has 4 unspecified atom stereocenters. The van der Waals surface area contributed by atoms with Crippen LogP contribution >= 0.6 is 0 Å². The average molecular weight is 316 g/mol. The molecule has 0 amide bonds. The zero-order chi connectivity index (χ0) is 16.5. The third-order valence-electron chi connectivity index (χ3n) is 4.49. The Balaban J connectivity index is 1.66. The Morgan fingerprint density at radius 2 is 1.61 bits per heavy atom. The van der Waals surface area contributed by atoms with E-state index in [2.05, 4.69) is 43.4 Å². The predicted molar refractivity (Wildman–Crippen MR) is 92.8 cm³/mol. The lowest BCUT2D eigenvalue weighted by atomic mass is 9.92. The lowest BCUT2D eigenvalue weighted by Gasteiger charge is -2.15. The first kappa shape index (κ1) is 17.7. The maximum absolute atomic E-state index is 11.7. The van der Waals surface area contributed by atoms with E-state index in [-0.39, 0.29) is 23.9 Å². The van der Waals surface area contributed by atoms with Gasteiger partial charge in [-0.3, -0.25) is 4.79 Å². The second-order valence-corrected chi connectivity index (χ2v) is 6.19. The summed E-state index contributed by atoms with van der Waals surface area (Å²) in [5.41, 5.74) is 0. The molecule has 1 saturated heterocycles. The number of cyclic esters (lactones) is 1. The van der Waals surface area contributed by atoms with Crippen LogP contribution in [0.3, 0.4) is 0 Å². The lowest BCUT2D eigenvalue weighted by Crippen LogP contribution is -2.25. The van der Waals surface area contributed by atoms with Crippen molar-refractivity contribution in [3.63, 3.8) is 0 Å². The fourth-order valence-electron chi connectivity index (χ4n) is 3.29. The average Bonchev–Trinajstić information content (AvgIpc) is 3.07. The van der Waals surface area contributed by atoms with Gasteiger partial charge in [0.1, 0.15) is 6.10 Å². The van der Waals surface area contributed by atoms with Crippen molar-refractivity contribution in [2.24, 2.45) is 11.8 Å². The number of fused-ring (bicyclic) bond motifs is 1. The molecule has 126 valence electrons. The number of hydrogen-bond acceptors (Lipinski definition) is 3. The zero-order valence-corrected chi connectivity index (χ0v) is 13.9. The first-order valence-corrected chi connectivity index (χ1v) is 8.74. The monoisotopic (exact) mass is 316 g/mol. The molecule has 1 saturated carbocycles. The highest BCUT2D eigenvalue weighted by atomic mass is 16.6. The molecule has 2 rings (SSSR count). The van der Waals surface area contributed by atoms with Crippen LogP contribution in [-0.4, -0.2) is 23.3 Å². The van der Waals surface area contributed by atoms with Gasteiger partial charge >= 0.3 is 5.97 Å². The predicted octanol–water partition coefficient (Wildman–Crippen LogP) is 4.10. The van der Waals surface area contributed by atoms with E-state index in [0.29, 0.717) is 6.42 Å². The van der Waals surface area contributed by atoms with Crippen molar-refractivity contribution in [3.05, 3.63) is 48.6 Å². The molecule has 1 N–H and O–H groups in total. The Kier molecular flexibility index (Phi) is 7.34. The third kappa shape index (κ3) is 5.21. The molecule has 3 nitrogen and oxygen atoms in total. The topological polar surface area (TPSA) is 46.5 Å². The highest BCUT2D eigenvalue weighted by Gasteiger charge is 2.50. The number of esters is 1. The first-order valence-electron chi connectivity index (χ1n) is 8.74. The summed E-state index contributed by atoms with van der Waals surface area (Å²) in [6.07, 6.45) is 21.6. The fourth-order valence-corrected chi connectivity index (χ4v) is 3.29. The van der Waals surface area contributed by atoms with Crippen LogP contribution < -0.4 is 0 Å². The van der Waals surface area contributed by atoms with Crippen LogP contribution in [0.15, 0.2) is 48.6 Å². The Labute approximate surface area is 139 Å². The van der Waals surface area contributed by atoms with Gasteiger partial charge in [0.15, 0.2) is 0 Å². The number of allylic oxidation sites excluding steroid dienone is 7. The van der Waals surface area contributed by atoms with Gasteiger partial charge in [0.05, 0.1) is 12.0 Å². The maximum Gasteiger partial charge on any atom is 0.310 e. The molecule has 2 fully saturated rings. The summed E-state index contributed by atoms with van der Waals surface area (Å²) in [6, 6.07) is 0. The van der Waals surface area contributed by atoms with Crippen LogP contribution in [0.2, 0.25) is 0 Å². The van der Waals surface area contributed by atoms with Gasteiger partial charge in [0.25, 0.3) is 0 Å². The highest BCUT2D eigenvalue weighted by Crippen LogP contribution is 2.42. The number of rotatable bonds is 8. The minimum Gasteiger partial charge on any atom is -0.457 e. The van der Waals surface area contributed by atoms with Crippen LogP contribution in [0.25, 0.3) is 0 Å². The quantitative estimate of drug-likeness (QED) is 0.541. The van der Waals surface area contributed by atoms with Gasteiger partial charge < -0.3 is 9.84 Å². The van der Waals surface area contributed by atoms with Gasteiger partial charge in [-0.05, 0) is 44.6 Å². The van der Waals surface area contributed by atoms with E-state index in [9.17, 15) is 9.90 Å². The van der Waals surface area contributed by atoms with Crippen molar-refractivity contribution in [3.8, 4) is 0 Å². The van der Waals surface area contributed by atoms with E-state index < -0.39 is 6.10 Å². The Bertz CT molecular complexity index is 487. The van der Waals surface area contributed by atoms with Gasteiger partial charge in [0, 0.05) is 5.92 Å². The summed E-state index contributed by atoms with van der Waals surface area (Å²) in [6.45, 7) is 2.14. The van der Waals surface area contributed by atoms with Crippen LogP contribution in [0, 0.1) is 11.8 Å². The van der Waals surface area contributed by atoms with Gasteiger partial charge in [-0.2, -0.15) is 0 Å². The molecular weight excluding hydrogens is 288 g/mol. The van der Waals surface area contributed by atoms with E-state index in [0.717, 1.165) is 32.1 Å². The molecule has 0 aromatic heterocycles. The number of carbonyl (C=O) groups is 1. The van der Waals surface area contributed by atoms with Crippen LogP contribution in [-0.2, 0) is 9.53 Å². The summed E-state index contributed by atoms with van der Waals surface area (Å²) in [5.74, 6) is -0.275. The van der Waals surface area contributed by atoms with Crippen molar-refractivity contribution in [2.75, 3.05) is 0 Å². The summed E-state index contributed by atoms with van der Waals surface area (Å²) in [7, 11) is 0. The molecule has 3 heteroatoms. The van der Waals surface area contributed by atoms with Crippen LogP contribution in [0.4, 0.5) is 0 Å². The zero-order valence-electron chi connectivity index (χ0n) is 13.9. The standard InChI is InChI=1S/C20H28O3/c1-2-3-4-5-6-7-8-9-10-11-12-13-18-19-16(20(22)23-18)14-15-17(19)21/h3-4,6-7,9-10,12-13,16-19,21H,2,5,8,11,14-15H2,1H3. The van der Waals surface area contributed by atoms with E-state index >= 15 is 0 Å². The van der Waals surface area contributed by atoms with Gasteiger partial charge in [-0.15, -0.1) is 0 Å². The van der Waals surface area contributed by atoms with Crippen molar-refractivity contribution in [2.45, 2.75) is 57.7 Å². The Hall–Kier alpha value is -1.61. The van der Waals surface area contributed by atoms with Gasteiger partial charge in [-0.1, -0.05) is 49.5 Å². The SMILES string of the molecule is CCC=CCC=CCC=CCC=CC1OC(=O)C2CCC(O)C12. The molecule has 2 aliphatic rings. The number of hydrogen-bond donors (Lipinski definition) is 1. The van der Waals surface area contributed by atoms with Crippen molar-refractivity contribution in [1.29, 1.82) is 0 Å². The molecule has 0 spiro atoms. The van der Waals surface area contributed by atoms with Crippen molar-refractivity contribution < 1.29 is 14.6 Å². The number of carbonyl (C=O) groups excluding carboxylic acids is 1. The summed E-state index contributed by atoms with van der Waals surface area (Å²) >= 11 is 0. The smallest absolute Gasteiger partial charge is 0.310 e. The molecule has 0 aromatic carbocycles. The number of aliphatic hydroxyl groups is 1. The van der Waals surface area contributed by atoms with Crippen molar-refractivity contribution in [1.82, 2.24) is 0 Å².